The predicted octanol–water partition coefficient (Wildman–Crippen LogP) is 2.32. The van der Waals surface area contributed by atoms with E-state index in [1.165, 1.54) is 18.1 Å². The molecule has 126 valence electrons. The van der Waals surface area contributed by atoms with Gasteiger partial charge in [-0.15, -0.1) is 0 Å². The zero-order valence-corrected chi connectivity index (χ0v) is 14.1. The number of hydrogen-bond acceptors (Lipinski definition) is 4. The SMILES string of the molecule is COCC1(C(=O)O)CCN(C(=O)COc2ccc(Cl)cc2Cl)C1. The molecule has 1 saturated heterocycles. The smallest absolute Gasteiger partial charge is 0.313 e. The molecular weight excluding hydrogens is 345 g/mol. The fraction of sp³-hybridized carbons (Fsp3) is 0.467. The van der Waals surface area contributed by atoms with Gasteiger partial charge >= 0.3 is 5.97 Å². The van der Waals surface area contributed by atoms with Crippen molar-refractivity contribution in [2.24, 2.45) is 5.41 Å². The zero-order valence-electron chi connectivity index (χ0n) is 12.6. The van der Waals surface area contributed by atoms with Crippen LogP contribution in [-0.4, -0.2) is 55.3 Å². The van der Waals surface area contributed by atoms with E-state index in [0.29, 0.717) is 28.8 Å². The van der Waals surface area contributed by atoms with Crippen LogP contribution in [-0.2, 0) is 14.3 Å². The van der Waals surface area contributed by atoms with Gasteiger partial charge in [-0.2, -0.15) is 0 Å². The Morgan fingerprint density at radius 1 is 1.39 bits per heavy atom. The molecule has 1 aromatic rings. The van der Waals surface area contributed by atoms with Gasteiger partial charge in [-0.3, -0.25) is 9.59 Å². The Kier molecular flexibility index (Phi) is 5.73. The molecule has 1 amide bonds. The number of carboxylic acid groups (broad SMARTS) is 1. The predicted molar refractivity (Wildman–Crippen MR) is 85.1 cm³/mol. The Balaban J connectivity index is 1.95. The minimum atomic E-state index is -1.05. The van der Waals surface area contributed by atoms with Crippen molar-refractivity contribution in [2.75, 3.05) is 33.4 Å². The van der Waals surface area contributed by atoms with E-state index in [1.807, 2.05) is 0 Å². The highest BCUT2D eigenvalue weighted by Gasteiger charge is 2.46. The minimum Gasteiger partial charge on any atom is -0.482 e. The number of likely N-dealkylation sites (tertiary alicyclic amines) is 1. The fourth-order valence-corrected chi connectivity index (χ4v) is 3.00. The van der Waals surface area contributed by atoms with Gasteiger partial charge in [-0.1, -0.05) is 23.2 Å². The van der Waals surface area contributed by atoms with Gasteiger partial charge in [0.1, 0.15) is 11.2 Å². The molecule has 2 rings (SSSR count). The van der Waals surface area contributed by atoms with Crippen LogP contribution in [0, 0.1) is 5.41 Å². The topological polar surface area (TPSA) is 76.1 Å². The number of aliphatic carboxylic acids is 1. The highest BCUT2D eigenvalue weighted by molar-refractivity contribution is 6.35. The molecule has 23 heavy (non-hydrogen) atoms. The average Bonchev–Trinajstić information content (AvgIpc) is 2.92. The van der Waals surface area contributed by atoms with Crippen molar-refractivity contribution < 1.29 is 24.2 Å². The summed E-state index contributed by atoms with van der Waals surface area (Å²) in [4.78, 5) is 25.1. The van der Waals surface area contributed by atoms with Crippen molar-refractivity contribution in [1.29, 1.82) is 0 Å². The number of carbonyl (C=O) groups excluding carboxylic acids is 1. The van der Waals surface area contributed by atoms with E-state index in [-0.39, 0.29) is 25.7 Å². The lowest BCUT2D eigenvalue weighted by Crippen LogP contribution is -2.41. The summed E-state index contributed by atoms with van der Waals surface area (Å²) >= 11 is 11.8. The molecule has 0 bridgehead atoms. The average molecular weight is 362 g/mol. The maximum Gasteiger partial charge on any atom is 0.313 e. The van der Waals surface area contributed by atoms with E-state index >= 15 is 0 Å². The third-order valence-corrected chi connectivity index (χ3v) is 4.36. The van der Waals surface area contributed by atoms with Gasteiger partial charge in [0.15, 0.2) is 6.61 Å². The molecule has 0 aliphatic carbocycles. The van der Waals surface area contributed by atoms with Crippen molar-refractivity contribution in [3.05, 3.63) is 28.2 Å². The van der Waals surface area contributed by atoms with Gasteiger partial charge in [0, 0.05) is 25.2 Å². The van der Waals surface area contributed by atoms with Crippen LogP contribution in [0.2, 0.25) is 10.0 Å². The quantitative estimate of drug-likeness (QED) is 0.841. The Hall–Kier alpha value is -1.50. The molecule has 1 heterocycles. The van der Waals surface area contributed by atoms with E-state index in [0.717, 1.165) is 0 Å². The minimum absolute atomic E-state index is 0.0655. The van der Waals surface area contributed by atoms with E-state index < -0.39 is 11.4 Å². The van der Waals surface area contributed by atoms with Gasteiger partial charge < -0.3 is 19.5 Å². The van der Waals surface area contributed by atoms with Gasteiger partial charge in [-0.05, 0) is 24.6 Å². The molecule has 0 saturated carbocycles. The number of methoxy groups -OCH3 is 1. The summed E-state index contributed by atoms with van der Waals surface area (Å²) in [5.41, 5.74) is -1.05. The number of rotatable bonds is 6. The van der Waals surface area contributed by atoms with Crippen LogP contribution in [0.25, 0.3) is 0 Å². The van der Waals surface area contributed by atoms with Crippen molar-refractivity contribution in [1.82, 2.24) is 4.90 Å². The van der Waals surface area contributed by atoms with Crippen LogP contribution >= 0.6 is 23.2 Å². The lowest BCUT2D eigenvalue weighted by Gasteiger charge is -2.23. The summed E-state index contributed by atoms with van der Waals surface area (Å²) in [7, 11) is 1.45. The molecule has 1 N–H and O–H groups in total. The number of halogens is 2. The molecule has 0 spiro atoms. The third-order valence-electron chi connectivity index (χ3n) is 3.83. The molecule has 0 radical (unpaired) electrons. The molecule has 1 fully saturated rings. The maximum absolute atomic E-state index is 12.2. The molecule has 1 atom stereocenters. The first-order valence-corrected chi connectivity index (χ1v) is 7.71. The van der Waals surface area contributed by atoms with Gasteiger partial charge in [0.25, 0.3) is 5.91 Å². The van der Waals surface area contributed by atoms with Crippen LogP contribution in [0.3, 0.4) is 0 Å². The van der Waals surface area contributed by atoms with Gasteiger partial charge in [0.05, 0.1) is 11.6 Å². The first kappa shape index (κ1) is 17.8. The summed E-state index contributed by atoms with van der Waals surface area (Å²) in [5.74, 6) is -0.906. The largest absolute Gasteiger partial charge is 0.482 e. The summed E-state index contributed by atoms with van der Waals surface area (Å²) in [5, 5.41) is 10.2. The van der Waals surface area contributed by atoms with Crippen LogP contribution in [0.15, 0.2) is 18.2 Å². The lowest BCUT2D eigenvalue weighted by atomic mass is 9.88. The standard InChI is InChI=1S/C15H17Cl2NO5/c1-22-9-15(14(20)21)4-5-18(8-15)13(19)7-23-12-3-2-10(16)6-11(12)17/h2-3,6H,4-5,7-9H2,1H3,(H,20,21). The van der Waals surface area contributed by atoms with Gasteiger partial charge in [0.2, 0.25) is 0 Å². The number of hydrogen-bond donors (Lipinski definition) is 1. The summed E-state index contributed by atoms with van der Waals surface area (Å²) < 4.78 is 10.4. The van der Waals surface area contributed by atoms with E-state index in [4.69, 9.17) is 32.7 Å². The normalized spacial score (nSPS) is 20.6. The lowest BCUT2D eigenvalue weighted by molar-refractivity contribution is -0.151. The number of amides is 1. The molecule has 6 nitrogen and oxygen atoms in total. The van der Waals surface area contributed by atoms with E-state index in [2.05, 4.69) is 0 Å². The van der Waals surface area contributed by atoms with Crippen LogP contribution < -0.4 is 4.74 Å². The van der Waals surface area contributed by atoms with Gasteiger partial charge in [-0.25, -0.2) is 0 Å². The zero-order chi connectivity index (χ0) is 17.0. The second kappa shape index (κ2) is 7.38. The highest BCUT2D eigenvalue weighted by Crippen LogP contribution is 2.32. The van der Waals surface area contributed by atoms with Crippen LogP contribution in [0.4, 0.5) is 0 Å². The second-order valence-corrected chi connectivity index (χ2v) is 6.29. The molecule has 1 unspecified atom stereocenters. The third kappa shape index (κ3) is 4.07. The molecule has 8 heteroatoms. The summed E-state index contributed by atoms with van der Waals surface area (Å²) in [6.45, 7) is 0.305. The van der Waals surface area contributed by atoms with Crippen molar-refractivity contribution in [2.45, 2.75) is 6.42 Å². The van der Waals surface area contributed by atoms with E-state index in [9.17, 15) is 14.7 Å². The monoisotopic (exact) mass is 361 g/mol. The number of carboxylic acids is 1. The van der Waals surface area contributed by atoms with Crippen molar-refractivity contribution >= 4 is 35.1 Å². The molecule has 1 aromatic carbocycles. The fourth-order valence-electron chi connectivity index (χ4n) is 2.54. The Labute approximate surface area is 143 Å². The molecular formula is C15H17Cl2NO5. The Morgan fingerprint density at radius 2 is 2.13 bits per heavy atom. The number of carbonyl (C=O) groups is 2. The second-order valence-electron chi connectivity index (χ2n) is 5.45. The first-order chi connectivity index (χ1) is 10.9. The molecule has 1 aliphatic rings. The molecule has 1 aliphatic heterocycles. The highest BCUT2D eigenvalue weighted by atomic mass is 35.5. The van der Waals surface area contributed by atoms with Crippen molar-refractivity contribution in [3.8, 4) is 5.75 Å². The first-order valence-electron chi connectivity index (χ1n) is 6.96. The molecule has 0 aromatic heterocycles. The number of benzene rings is 1. The summed E-state index contributed by atoms with van der Waals surface area (Å²) in [6, 6.07) is 4.71. The van der Waals surface area contributed by atoms with E-state index in [1.54, 1.807) is 12.1 Å². The Morgan fingerprint density at radius 3 is 2.74 bits per heavy atom. The Bertz CT molecular complexity index is 610. The number of nitrogens with zero attached hydrogens (tertiary/aromatic N) is 1. The van der Waals surface area contributed by atoms with Crippen LogP contribution in [0.1, 0.15) is 6.42 Å². The maximum atomic E-state index is 12.2. The number of ether oxygens (including phenoxy) is 2. The van der Waals surface area contributed by atoms with Crippen molar-refractivity contribution in [3.63, 3.8) is 0 Å². The van der Waals surface area contributed by atoms with Crippen LogP contribution in [0.5, 0.6) is 5.75 Å². The summed E-state index contributed by atoms with van der Waals surface area (Å²) in [6.07, 6.45) is 0.351.